The van der Waals surface area contributed by atoms with Crippen molar-refractivity contribution < 1.29 is 24.6 Å². The molecule has 15 nitrogen and oxygen atoms in total. The monoisotopic (exact) mass is 935 g/mol. The van der Waals surface area contributed by atoms with Gasteiger partial charge >= 0.3 is 0 Å². The van der Waals surface area contributed by atoms with Gasteiger partial charge < -0.3 is 36.4 Å². The number of thiazole rings is 1. The van der Waals surface area contributed by atoms with E-state index in [1.54, 1.807) is 23.5 Å². The quantitative estimate of drug-likeness (QED) is 0.0472. The highest BCUT2D eigenvalue weighted by Crippen LogP contribution is 2.34. The highest BCUT2D eigenvalue weighted by atomic mass is 32.1. The van der Waals surface area contributed by atoms with Crippen molar-refractivity contribution in [3.63, 3.8) is 0 Å². The number of aliphatic hydroxyl groups excluding tert-OH is 1. The van der Waals surface area contributed by atoms with E-state index in [9.17, 15) is 24.6 Å². The molecule has 4 atom stereocenters. The van der Waals surface area contributed by atoms with Crippen LogP contribution in [-0.2, 0) is 14.4 Å². The van der Waals surface area contributed by atoms with Crippen molar-refractivity contribution in [2.45, 2.75) is 148 Å². The third-order valence-electron chi connectivity index (χ3n) is 13.5. The Hall–Kier alpha value is -5.45. The smallest absolute Gasteiger partial charge is 0.246 e. The number of aliphatic hydroxyl groups is 1. The van der Waals surface area contributed by atoms with Gasteiger partial charge in [0.1, 0.15) is 17.8 Å². The number of nitrogens with zero attached hydrogens (tertiary/aromatic N) is 7. The number of hydrogen-bond acceptors (Lipinski definition) is 12. The van der Waals surface area contributed by atoms with Gasteiger partial charge in [0, 0.05) is 38.0 Å². The average Bonchev–Trinajstić information content (AvgIpc) is 4.02. The summed E-state index contributed by atoms with van der Waals surface area (Å²) in [6, 6.07) is 15.3. The number of likely N-dealkylation sites (tertiary alicyclic amines) is 2. The number of hydrogen-bond donors (Lipinski definition) is 5. The largest absolute Gasteiger partial charge is 0.507 e. The zero-order valence-electron chi connectivity index (χ0n) is 39.9. The summed E-state index contributed by atoms with van der Waals surface area (Å²) >= 11 is 1.59. The summed E-state index contributed by atoms with van der Waals surface area (Å²) in [5.74, 6) is -0.297. The van der Waals surface area contributed by atoms with E-state index in [4.69, 9.17) is 5.73 Å². The van der Waals surface area contributed by atoms with E-state index in [2.05, 4.69) is 35.8 Å². The Kier molecular flexibility index (Phi) is 16.7. The summed E-state index contributed by atoms with van der Waals surface area (Å²) in [6.45, 7) is 12.8. The van der Waals surface area contributed by atoms with Crippen LogP contribution in [0.3, 0.4) is 0 Å². The molecule has 0 spiro atoms. The van der Waals surface area contributed by atoms with Crippen molar-refractivity contribution >= 4 is 45.9 Å². The van der Waals surface area contributed by atoms with Crippen molar-refractivity contribution in [2.75, 3.05) is 31.9 Å². The summed E-state index contributed by atoms with van der Waals surface area (Å²) in [5.41, 5.74) is 13.1. The number of aryl methyl sites for hydroxylation is 1. The molecule has 2 aliphatic heterocycles. The van der Waals surface area contributed by atoms with Gasteiger partial charge in [-0.2, -0.15) is 5.10 Å². The third-order valence-corrected chi connectivity index (χ3v) is 14.5. The molecule has 3 aromatic heterocycles. The summed E-state index contributed by atoms with van der Waals surface area (Å²) in [7, 11) is 0. The highest BCUT2D eigenvalue weighted by Gasteiger charge is 2.44. The van der Waals surface area contributed by atoms with E-state index in [0.29, 0.717) is 29.0 Å². The number of amides is 3. The lowest BCUT2D eigenvalue weighted by molar-refractivity contribution is -0.144. The number of carbonyl (C=O) groups excluding carboxylic acids is 3. The van der Waals surface area contributed by atoms with Crippen LogP contribution >= 0.6 is 11.3 Å². The molecule has 3 amide bonds. The Morgan fingerprint density at radius 1 is 0.910 bits per heavy atom. The molecule has 2 aliphatic rings. The summed E-state index contributed by atoms with van der Waals surface area (Å²) in [4.78, 5) is 50.4. The molecule has 0 saturated carbocycles. The number of nitrogens with two attached hydrogens (primary N) is 1. The predicted octanol–water partition coefficient (Wildman–Crippen LogP) is 8.12. The Bertz CT molecular complexity index is 2440. The molecule has 7 rings (SSSR count). The topological polar surface area (TPSA) is 205 Å². The molecule has 360 valence electrons. The Balaban J connectivity index is 0.760. The molecule has 2 aromatic carbocycles. The second-order valence-corrected chi connectivity index (χ2v) is 20.6. The van der Waals surface area contributed by atoms with Crippen molar-refractivity contribution in [1.82, 2.24) is 45.4 Å². The second-order valence-electron chi connectivity index (χ2n) is 19.7. The molecule has 2 fully saturated rings. The number of para-hydroxylation sites is 1. The maximum atomic E-state index is 14.1. The van der Waals surface area contributed by atoms with Crippen LogP contribution in [0.5, 0.6) is 5.75 Å². The minimum Gasteiger partial charge on any atom is -0.507 e. The number of unbranched alkanes of at least 4 members (excludes halogenated alkanes) is 8. The number of phenolic OH excluding ortho intramolecular Hbond substituents is 1. The number of nitrogen functional groups attached to an aromatic ring is 1. The molecule has 2 saturated heterocycles. The van der Waals surface area contributed by atoms with Crippen LogP contribution in [0.1, 0.15) is 135 Å². The van der Waals surface area contributed by atoms with Crippen LogP contribution in [0, 0.1) is 12.3 Å². The van der Waals surface area contributed by atoms with Gasteiger partial charge in [-0.1, -0.05) is 102 Å². The lowest BCUT2D eigenvalue weighted by atomic mass is 9.85. The number of carbonyl (C=O) groups is 3. The molecule has 0 radical (unpaired) electrons. The molecule has 0 aliphatic carbocycles. The molecule has 0 unspecified atom stereocenters. The van der Waals surface area contributed by atoms with Gasteiger partial charge in [0.2, 0.25) is 17.7 Å². The van der Waals surface area contributed by atoms with Gasteiger partial charge in [-0.15, -0.1) is 21.5 Å². The zero-order chi connectivity index (χ0) is 47.7. The van der Waals surface area contributed by atoms with E-state index in [1.165, 1.54) is 37.0 Å². The van der Waals surface area contributed by atoms with Gasteiger partial charge in [-0.3, -0.25) is 19.1 Å². The minimum absolute atomic E-state index is 0.0417. The number of β-amino-alcohol motifs (C(OH)–C–C–N with tert-alkyl or cyclic N) is 1. The second kappa shape index (κ2) is 22.6. The average molecular weight is 935 g/mol. The first-order valence-corrected chi connectivity index (χ1v) is 25.2. The molecule has 6 N–H and O–H groups in total. The van der Waals surface area contributed by atoms with E-state index in [1.807, 2.05) is 87.3 Å². The minimum atomic E-state index is -0.837. The first kappa shape index (κ1) is 49.5. The standard InChI is InChI=1S/C51H70N10O5S/c1-33(35-20-22-36(23-21-35)46-34(2)53-32-67-46)54-49(65)42-29-38(62)31-60(42)50(66)47(51(3,4)5)55-44(64)19-13-11-9-7-6-8-10-12-16-26-59-27-24-37(25-28-59)61-41-30-40(39-17-14-15-18-43(39)63)56-57-45(41)48(52)58-61/h14-15,17-18,20-23,30,32-33,37-38,42,47,62-63H,6-13,16,19,24-29,31H2,1-5H3,(H2,52,58)(H,54,65)(H,55,64)/t33-,38+,42-,47+/m0/s1. The number of benzene rings is 2. The van der Waals surface area contributed by atoms with Gasteiger partial charge in [-0.05, 0) is 80.8 Å². The number of fused-ring (bicyclic) bond motifs is 1. The number of anilines is 1. The van der Waals surface area contributed by atoms with Gasteiger partial charge in [-0.25, -0.2) is 4.98 Å². The Morgan fingerprint density at radius 2 is 1.58 bits per heavy atom. The number of nitrogens with one attached hydrogen (secondary N) is 2. The Labute approximate surface area is 398 Å². The number of aromatic hydroxyl groups is 1. The van der Waals surface area contributed by atoms with Crippen LogP contribution in [0.2, 0.25) is 0 Å². The SMILES string of the molecule is Cc1ncsc1-c1ccc([C@H](C)NC(=O)[C@@H]2C[C@@H](O)CN2C(=O)[C@@H](NC(=O)CCCCCCCCCCCN2CCC(n3nc(N)c4nnc(-c5ccccc5O)cc43)CC2)C(C)(C)C)cc1. The van der Waals surface area contributed by atoms with Gasteiger partial charge in [0.15, 0.2) is 11.3 Å². The molecule has 5 aromatic rings. The van der Waals surface area contributed by atoms with E-state index in [-0.39, 0.29) is 48.5 Å². The van der Waals surface area contributed by atoms with Crippen molar-refractivity contribution in [2.24, 2.45) is 5.41 Å². The third kappa shape index (κ3) is 12.6. The number of phenols is 1. The van der Waals surface area contributed by atoms with E-state index in [0.717, 1.165) is 85.4 Å². The van der Waals surface area contributed by atoms with Crippen LogP contribution in [0.25, 0.3) is 32.7 Å². The summed E-state index contributed by atoms with van der Waals surface area (Å²) < 4.78 is 2.01. The summed E-state index contributed by atoms with van der Waals surface area (Å²) in [5, 5.41) is 40.4. The van der Waals surface area contributed by atoms with E-state index < -0.39 is 23.6 Å². The first-order chi connectivity index (χ1) is 32.2. The normalized spacial score (nSPS) is 18.0. The van der Waals surface area contributed by atoms with E-state index >= 15 is 0 Å². The molecule has 5 heterocycles. The molecular formula is C51H70N10O5S. The fraction of sp³-hybridized carbons (Fsp3) is 0.549. The van der Waals surface area contributed by atoms with Gasteiger partial charge in [0.25, 0.3) is 0 Å². The summed E-state index contributed by atoms with van der Waals surface area (Å²) in [6.07, 6.45) is 11.5. The Morgan fingerprint density at radius 3 is 2.24 bits per heavy atom. The maximum absolute atomic E-state index is 14.1. The molecular weight excluding hydrogens is 865 g/mol. The fourth-order valence-corrected chi connectivity index (χ4v) is 10.4. The molecule has 67 heavy (non-hydrogen) atoms. The number of aromatic nitrogens is 5. The fourth-order valence-electron chi connectivity index (χ4n) is 9.55. The molecule has 16 heteroatoms. The number of rotatable bonds is 20. The van der Waals surface area contributed by atoms with Crippen LogP contribution in [-0.4, -0.2) is 107 Å². The first-order valence-electron chi connectivity index (χ1n) is 24.3. The van der Waals surface area contributed by atoms with Crippen LogP contribution in [0.4, 0.5) is 5.82 Å². The maximum Gasteiger partial charge on any atom is 0.246 e. The van der Waals surface area contributed by atoms with Crippen molar-refractivity contribution in [3.05, 3.63) is 71.4 Å². The lowest BCUT2D eigenvalue weighted by Gasteiger charge is -2.35. The number of piperidine rings is 1. The molecule has 0 bridgehead atoms. The lowest BCUT2D eigenvalue weighted by Crippen LogP contribution is -2.57. The van der Waals surface area contributed by atoms with Crippen LogP contribution in [0.15, 0.2) is 60.1 Å². The zero-order valence-corrected chi connectivity index (χ0v) is 40.7. The predicted molar refractivity (Wildman–Crippen MR) is 264 cm³/mol. The van der Waals surface area contributed by atoms with Gasteiger partial charge in [0.05, 0.1) is 45.5 Å². The van der Waals surface area contributed by atoms with Crippen molar-refractivity contribution in [1.29, 1.82) is 0 Å². The highest BCUT2D eigenvalue weighted by molar-refractivity contribution is 7.13. The van der Waals surface area contributed by atoms with Crippen molar-refractivity contribution in [3.8, 4) is 27.4 Å². The van der Waals surface area contributed by atoms with Crippen LogP contribution < -0.4 is 16.4 Å².